The largest absolute Gasteiger partial charge is 0.447 e. The lowest BCUT2D eigenvalue weighted by Gasteiger charge is -2.08. The molecule has 4 heteroatoms. The number of carbonyl (C=O) groups is 1. The van der Waals surface area contributed by atoms with Crippen LogP contribution < -0.4 is 5.32 Å². The van der Waals surface area contributed by atoms with Crippen molar-refractivity contribution < 1.29 is 14.6 Å². The summed E-state index contributed by atoms with van der Waals surface area (Å²) in [5, 5.41) is 11.4. The summed E-state index contributed by atoms with van der Waals surface area (Å²) < 4.78 is 4.64. The Kier molecular flexibility index (Phi) is 5.56. The first-order valence-electron chi connectivity index (χ1n) is 3.79. The van der Waals surface area contributed by atoms with Crippen LogP contribution in [0.3, 0.4) is 0 Å². The number of hydrogen-bond donors (Lipinski definition) is 2. The van der Waals surface area contributed by atoms with Crippen molar-refractivity contribution in [3.05, 3.63) is 0 Å². The van der Waals surface area contributed by atoms with Crippen molar-refractivity contribution in [2.75, 3.05) is 13.2 Å². The number of aliphatic hydroxyl groups is 1. The van der Waals surface area contributed by atoms with Crippen LogP contribution >= 0.6 is 0 Å². The molecular weight excluding hydrogens is 146 g/mol. The van der Waals surface area contributed by atoms with Gasteiger partial charge in [-0.3, -0.25) is 0 Å². The van der Waals surface area contributed by atoms with Gasteiger partial charge >= 0.3 is 6.09 Å². The molecule has 1 unspecified atom stereocenters. The fourth-order valence-corrected chi connectivity index (χ4v) is 0.485. The number of alkyl carbamates (subject to hydrolysis) is 1. The molecule has 2 N–H and O–H groups in total. The first-order valence-corrected chi connectivity index (χ1v) is 3.79. The van der Waals surface area contributed by atoms with E-state index in [1.807, 2.05) is 6.92 Å². The van der Waals surface area contributed by atoms with Crippen LogP contribution in [0.4, 0.5) is 4.79 Å². The highest BCUT2D eigenvalue weighted by molar-refractivity contribution is 5.66. The van der Waals surface area contributed by atoms with Crippen LogP contribution in [0, 0.1) is 0 Å². The van der Waals surface area contributed by atoms with Crippen LogP contribution in [0.5, 0.6) is 0 Å². The normalized spacial score (nSPS) is 12.3. The van der Waals surface area contributed by atoms with Gasteiger partial charge in [0.25, 0.3) is 0 Å². The summed E-state index contributed by atoms with van der Waals surface area (Å²) in [5.41, 5.74) is 0. The Morgan fingerprint density at radius 3 is 2.73 bits per heavy atom. The number of amides is 1. The van der Waals surface area contributed by atoms with E-state index in [4.69, 9.17) is 5.11 Å². The molecule has 1 amide bonds. The Hall–Kier alpha value is -0.770. The molecule has 0 saturated carbocycles. The third-order valence-corrected chi connectivity index (χ3v) is 1.20. The average molecular weight is 161 g/mol. The number of nitrogens with one attached hydrogen (secondary N) is 1. The molecule has 0 aliphatic carbocycles. The SMILES string of the molecule is CCNC(=O)OCC(O)CC. The van der Waals surface area contributed by atoms with Gasteiger partial charge in [-0.15, -0.1) is 0 Å². The smallest absolute Gasteiger partial charge is 0.407 e. The van der Waals surface area contributed by atoms with Gasteiger partial charge in [0, 0.05) is 6.54 Å². The summed E-state index contributed by atoms with van der Waals surface area (Å²) in [6.45, 7) is 4.24. The van der Waals surface area contributed by atoms with Gasteiger partial charge in [-0.2, -0.15) is 0 Å². The number of ether oxygens (including phenoxy) is 1. The Morgan fingerprint density at radius 1 is 1.64 bits per heavy atom. The summed E-state index contributed by atoms with van der Waals surface area (Å²) in [4.78, 5) is 10.6. The average Bonchev–Trinajstić information content (AvgIpc) is 2.01. The summed E-state index contributed by atoms with van der Waals surface area (Å²) >= 11 is 0. The highest BCUT2D eigenvalue weighted by Crippen LogP contribution is 1.90. The molecule has 0 aliphatic heterocycles. The van der Waals surface area contributed by atoms with E-state index in [1.165, 1.54) is 0 Å². The van der Waals surface area contributed by atoms with Gasteiger partial charge in [-0.05, 0) is 13.3 Å². The molecule has 0 saturated heterocycles. The van der Waals surface area contributed by atoms with Crippen LogP contribution in [0.25, 0.3) is 0 Å². The Bertz CT molecular complexity index is 116. The molecule has 0 heterocycles. The second-order valence-corrected chi connectivity index (χ2v) is 2.19. The van der Waals surface area contributed by atoms with E-state index in [1.54, 1.807) is 6.92 Å². The van der Waals surface area contributed by atoms with Crippen LogP contribution in [-0.2, 0) is 4.74 Å². The zero-order valence-electron chi connectivity index (χ0n) is 6.96. The predicted octanol–water partition coefficient (Wildman–Crippen LogP) is 0.503. The Morgan fingerprint density at radius 2 is 2.27 bits per heavy atom. The number of carbonyl (C=O) groups excluding carboxylic acids is 1. The highest BCUT2D eigenvalue weighted by Gasteiger charge is 2.04. The van der Waals surface area contributed by atoms with Crippen molar-refractivity contribution in [1.82, 2.24) is 5.32 Å². The lowest BCUT2D eigenvalue weighted by Crippen LogP contribution is -2.27. The van der Waals surface area contributed by atoms with Gasteiger partial charge < -0.3 is 15.2 Å². The molecule has 0 fully saturated rings. The molecule has 0 bridgehead atoms. The van der Waals surface area contributed by atoms with Crippen molar-refractivity contribution in [2.24, 2.45) is 0 Å². The lowest BCUT2D eigenvalue weighted by molar-refractivity contribution is 0.0666. The first kappa shape index (κ1) is 10.2. The van der Waals surface area contributed by atoms with Crippen LogP contribution in [0.1, 0.15) is 20.3 Å². The molecule has 11 heavy (non-hydrogen) atoms. The van der Waals surface area contributed by atoms with Crippen LogP contribution in [-0.4, -0.2) is 30.5 Å². The third kappa shape index (κ3) is 5.66. The quantitative estimate of drug-likeness (QED) is 0.631. The fourth-order valence-electron chi connectivity index (χ4n) is 0.485. The zero-order chi connectivity index (χ0) is 8.69. The van der Waals surface area contributed by atoms with Gasteiger partial charge in [0.05, 0.1) is 6.10 Å². The lowest BCUT2D eigenvalue weighted by atomic mass is 10.3. The maximum absolute atomic E-state index is 10.6. The van der Waals surface area contributed by atoms with Crippen molar-refractivity contribution in [3.63, 3.8) is 0 Å². The van der Waals surface area contributed by atoms with Gasteiger partial charge in [-0.25, -0.2) is 4.79 Å². The van der Waals surface area contributed by atoms with Gasteiger partial charge in [-0.1, -0.05) is 6.92 Å². The second-order valence-electron chi connectivity index (χ2n) is 2.19. The van der Waals surface area contributed by atoms with E-state index in [-0.39, 0.29) is 6.61 Å². The summed E-state index contributed by atoms with van der Waals surface area (Å²) in [5.74, 6) is 0. The Balaban J connectivity index is 3.30. The molecule has 66 valence electrons. The number of aliphatic hydroxyl groups excluding tert-OH is 1. The zero-order valence-corrected chi connectivity index (χ0v) is 6.96. The summed E-state index contributed by atoms with van der Waals surface area (Å²) in [6.07, 6.45) is -0.419. The molecule has 0 aromatic carbocycles. The van der Waals surface area contributed by atoms with Crippen LogP contribution in [0.2, 0.25) is 0 Å². The second kappa shape index (κ2) is 5.97. The van der Waals surface area contributed by atoms with E-state index in [0.717, 1.165) is 0 Å². The van der Waals surface area contributed by atoms with E-state index >= 15 is 0 Å². The number of rotatable bonds is 4. The van der Waals surface area contributed by atoms with Crippen molar-refractivity contribution in [2.45, 2.75) is 26.4 Å². The summed E-state index contributed by atoms with van der Waals surface area (Å²) in [6, 6.07) is 0. The molecule has 0 radical (unpaired) electrons. The molecular formula is C7H15NO3. The minimum Gasteiger partial charge on any atom is -0.447 e. The minimum atomic E-state index is -0.544. The molecule has 0 rings (SSSR count). The standard InChI is InChI=1S/C7H15NO3/c1-3-6(9)5-11-7(10)8-4-2/h6,9H,3-5H2,1-2H3,(H,8,10). The van der Waals surface area contributed by atoms with Gasteiger partial charge in [0.15, 0.2) is 0 Å². The molecule has 0 spiro atoms. The van der Waals surface area contributed by atoms with Gasteiger partial charge in [0.2, 0.25) is 0 Å². The van der Waals surface area contributed by atoms with Crippen molar-refractivity contribution >= 4 is 6.09 Å². The first-order chi connectivity index (χ1) is 5.20. The maximum Gasteiger partial charge on any atom is 0.407 e. The molecule has 0 aliphatic rings. The van der Waals surface area contributed by atoms with Crippen LogP contribution in [0.15, 0.2) is 0 Å². The fraction of sp³-hybridized carbons (Fsp3) is 0.857. The van der Waals surface area contributed by atoms with E-state index in [2.05, 4.69) is 10.1 Å². The minimum absolute atomic E-state index is 0.0718. The van der Waals surface area contributed by atoms with E-state index in [9.17, 15) is 4.79 Å². The molecule has 4 nitrogen and oxygen atoms in total. The van der Waals surface area contributed by atoms with E-state index < -0.39 is 12.2 Å². The highest BCUT2D eigenvalue weighted by atomic mass is 16.6. The van der Waals surface area contributed by atoms with Gasteiger partial charge in [0.1, 0.15) is 6.61 Å². The van der Waals surface area contributed by atoms with Crippen molar-refractivity contribution in [3.8, 4) is 0 Å². The molecule has 0 aromatic rings. The predicted molar refractivity (Wildman–Crippen MR) is 41.3 cm³/mol. The maximum atomic E-state index is 10.6. The molecule has 0 aromatic heterocycles. The topological polar surface area (TPSA) is 58.6 Å². The Labute approximate surface area is 66.5 Å². The monoisotopic (exact) mass is 161 g/mol. The van der Waals surface area contributed by atoms with E-state index in [0.29, 0.717) is 13.0 Å². The number of hydrogen-bond acceptors (Lipinski definition) is 3. The summed E-state index contributed by atoms with van der Waals surface area (Å²) in [7, 11) is 0. The molecule has 1 atom stereocenters. The third-order valence-electron chi connectivity index (χ3n) is 1.20. The van der Waals surface area contributed by atoms with Crippen molar-refractivity contribution in [1.29, 1.82) is 0 Å².